The molecule has 0 aliphatic carbocycles. The van der Waals surface area contributed by atoms with Gasteiger partial charge in [-0.05, 0) is 42.3 Å². The molecule has 0 aromatic heterocycles. The van der Waals surface area contributed by atoms with Crippen molar-refractivity contribution in [2.24, 2.45) is 0 Å². The fourth-order valence-corrected chi connectivity index (χ4v) is 1.68. The Hall–Kier alpha value is -2.24. The van der Waals surface area contributed by atoms with Crippen molar-refractivity contribution in [1.82, 2.24) is 0 Å². The molecule has 2 aromatic carbocycles. The number of halogens is 1. The Bertz CT molecular complexity index is 648. The molecule has 0 fully saturated rings. The summed E-state index contributed by atoms with van der Waals surface area (Å²) in [6, 6.07) is 14.0. The quantitative estimate of drug-likeness (QED) is 0.616. The summed E-state index contributed by atoms with van der Waals surface area (Å²) in [7, 11) is 1.58. The Balaban J connectivity index is 2.20. The smallest absolute Gasteiger partial charge is 0.236 e. The first-order valence-corrected chi connectivity index (χ1v) is 6.03. The lowest BCUT2D eigenvalue weighted by Crippen LogP contribution is -1.95. The number of hydrogen-bond donors (Lipinski definition) is 0. The lowest BCUT2D eigenvalue weighted by atomic mass is 10.1. The minimum atomic E-state index is -0.248. The average Bonchev–Trinajstić information content (AvgIpc) is 2.46. The van der Waals surface area contributed by atoms with Crippen LogP contribution >= 0.6 is 11.6 Å². The van der Waals surface area contributed by atoms with Gasteiger partial charge in [0.2, 0.25) is 5.78 Å². The van der Waals surface area contributed by atoms with Crippen molar-refractivity contribution in [3.05, 3.63) is 64.7 Å². The summed E-state index contributed by atoms with van der Waals surface area (Å²) in [6.45, 7) is 0. The highest BCUT2D eigenvalue weighted by Gasteiger charge is 2.02. The zero-order valence-corrected chi connectivity index (χ0v) is 11.1. The van der Waals surface area contributed by atoms with Crippen LogP contribution in [0.4, 0.5) is 0 Å². The molecule has 0 atom stereocenters. The van der Waals surface area contributed by atoms with Gasteiger partial charge in [-0.15, -0.1) is 0 Å². The van der Waals surface area contributed by atoms with E-state index in [9.17, 15) is 4.79 Å². The van der Waals surface area contributed by atoms with E-state index in [0.717, 1.165) is 0 Å². The molecule has 3 heteroatoms. The molecule has 94 valence electrons. The van der Waals surface area contributed by atoms with E-state index >= 15 is 0 Å². The van der Waals surface area contributed by atoms with Crippen molar-refractivity contribution in [1.29, 1.82) is 0 Å². The SMILES string of the molecule is COc1ccc(C(=O)C#Cc2ccccc2Cl)cc1. The van der Waals surface area contributed by atoms with Gasteiger partial charge in [-0.25, -0.2) is 0 Å². The summed E-state index contributed by atoms with van der Waals surface area (Å²) in [5, 5.41) is 0.539. The number of hydrogen-bond acceptors (Lipinski definition) is 2. The van der Waals surface area contributed by atoms with Crippen LogP contribution in [-0.2, 0) is 0 Å². The molecule has 2 rings (SSSR count). The van der Waals surface area contributed by atoms with E-state index < -0.39 is 0 Å². The van der Waals surface area contributed by atoms with Crippen LogP contribution in [0.15, 0.2) is 48.5 Å². The Morgan fingerprint density at radius 3 is 2.42 bits per heavy atom. The van der Waals surface area contributed by atoms with Gasteiger partial charge in [-0.1, -0.05) is 29.7 Å². The van der Waals surface area contributed by atoms with E-state index in [4.69, 9.17) is 16.3 Å². The third kappa shape index (κ3) is 3.37. The minimum Gasteiger partial charge on any atom is -0.497 e. The maximum absolute atomic E-state index is 11.9. The molecule has 2 nitrogen and oxygen atoms in total. The number of benzene rings is 2. The Morgan fingerprint density at radius 2 is 1.79 bits per heavy atom. The number of ether oxygens (including phenoxy) is 1. The van der Waals surface area contributed by atoms with Gasteiger partial charge in [-0.3, -0.25) is 4.79 Å². The number of carbonyl (C=O) groups is 1. The molecule has 0 N–H and O–H groups in total. The van der Waals surface area contributed by atoms with Crippen LogP contribution in [0.5, 0.6) is 5.75 Å². The normalized spacial score (nSPS) is 9.37. The summed E-state index contributed by atoms with van der Waals surface area (Å²) in [5.74, 6) is 5.81. The molecular weight excluding hydrogens is 260 g/mol. The van der Waals surface area contributed by atoms with Gasteiger partial charge < -0.3 is 4.74 Å². The summed E-state index contributed by atoms with van der Waals surface area (Å²) >= 11 is 5.96. The monoisotopic (exact) mass is 270 g/mol. The van der Waals surface area contributed by atoms with Gasteiger partial charge in [0, 0.05) is 11.1 Å². The van der Waals surface area contributed by atoms with Crippen molar-refractivity contribution in [3.63, 3.8) is 0 Å². The van der Waals surface area contributed by atoms with Crippen molar-refractivity contribution >= 4 is 17.4 Å². The molecule has 19 heavy (non-hydrogen) atoms. The molecule has 0 saturated carbocycles. The Kier molecular flexibility index (Phi) is 4.22. The fourth-order valence-electron chi connectivity index (χ4n) is 1.50. The zero-order chi connectivity index (χ0) is 13.7. The summed E-state index contributed by atoms with van der Waals surface area (Å²) < 4.78 is 5.03. The van der Waals surface area contributed by atoms with Crippen molar-refractivity contribution < 1.29 is 9.53 Å². The van der Waals surface area contributed by atoms with Gasteiger partial charge in [0.15, 0.2) is 0 Å². The third-order valence-electron chi connectivity index (χ3n) is 2.54. The molecule has 0 saturated heterocycles. The highest BCUT2D eigenvalue weighted by molar-refractivity contribution is 6.31. The second-order valence-corrected chi connectivity index (χ2v) is 4.19. The molecule has 0 aliphatic rings. The van der Waals surface area contributed by atoms with Gasteiger partial charge in [0.1, 0.15) is 5.75 Å². The minimum absolute atomic E-state index is 0.248. The number of methoxy groups -OCH3 is 1. The largest absolute Gasteiger partial charge is 0.497 e. The van der Waals surface area contributed by atoms with Crippen molar-refractivity contribution in [2.75, 3.05) is 7.11 Å². The Labute approximate surface area is 117 Å². The van der Waals surface area contributed by atoms with Crippen LogP contribution in [0.3, 0.4) is 0 Å². The zero-order valence-electron chi connectivity index (χ0n) is 10.3. The van der Waals surface area contributed by atoms with E-state index in [0.29, 0.717) is 21.9 Å². The molecule has 0 bridgehead atoms. The second kappa shape index (κ2) is 6.08. The molecular formula is C16H11ClO2. The number of Topliss-reactive ketones (excluding diaryl/α,β-unsaturated/α-hetero) is 1. The maximum atomic E-state index is 11.9. The number of ketones is 1. The van der Waals surface area contributed by atoms with E-state index in [-0.39, 0.29) is 5.78 Å². The molecule has 0 aliphatic heterocycles. The summed E-state index contributed by atoms with van der Waals surface area (Å²) in [5.41, 5.74) is 1.17. The summed E-state index contributed by atoms with van der Waals surface area (Å²) in [4.78, 5) is 11.9. The molecule has 0 amide bonds. The first-order valence-electron chi connectivity index (χ1n) is 5.65. The van der Waals surface area contributed by atoms with E-state index in [1.807, 2.05) is 12.1 Å². The van der Waals surface area contributed by atoms with Crippen LogP contribution in [0.25, 0.3) is 0 Å². The van der Waals surface area contributed by atoms with Gasteiger partial charge in [-0.2, -0.15) is 0 Å². The third-order valence-corrected chi connectivity index (χ3v) is 2.87. The number of carbonyl (C=O) groups excluding carboxylic acids is 1. The van der Waals surface area contributed by atoms with Gasteiger partial charge >= 0.3 is 0 Å². The molecule has 0 heterocycles. The predicted molar refractivity (Wildman–Crippen MR) is 75.7 cm³/mol. The highest BCUT2D eigenvalue weighted by atomic mass is 35.5. The van der Waals surface area contributed by atoms with Crippen LogP contribution in [0.2, 0.25) is 5.02 Å². The van der Waals surface area contributed by atoms with E-state index in [2.05, 4.69) is 11.8 Å². The average molecular weight is 271 g/mol. The molecule has 0 radical (unpaired) electrons. The standard InChI is InChI=1S/C16H11ClO2/c1-19-14-9-6-13(7-10-14)16(18)11-8-12-4-2-3-5-15(12)17/h2-7,9-10H,1H3. The first-order chi connectivity index (χ1) is 9.20. The fraction of sp³-hybridized carbons (Fsp3) is 0.0625. The van der Waals surface area contributed by atoms with Gasteiger partial charge in [0.25, 0.3) is 0 Å². The first kappa shape index (κ1) is 13.2. The van der Waals surface area contributed by atoms with Crippen LogP contribution in [0, 0.1) is 11.8 Å². The Morgan fingerprint density at radius 1 is 1.11 bits per heavy atom. The van der Waals surface area contributed by atoms with E-state index in [1.54, 1.807) is 43.5 Å². The topological polar surface area (TPSA) is 26.3 Å². The maximum Gasteiger partial charge on any atom is 0.236 e. The number of rotatable bonds is 2. The highest BCUT2D eigenvalue weighted by Crippen LogP contribution is 2.14. The van der Waals surface area contributed by atoms with E-state index in [1.165, 1.54) is 0 Å². The van der Waals surface area contributed by atoms with Crippen LogP contribution in [-0.4, -0.2) is 12.9 Å². The predicted octanol–water partition coefficient (Wildman–Crippen LogP) is 3.58. The molecule has 0 unspecified atom stereocenters. The van der Waals surface area contributed by atoms with Crippen molar-refractivity contribution in [2.45, 2.75) is 0 Å². The van der Waals surface area contributed by atoms with Crippen LogP contribution in [0.1, 0.15) is 15.9 Å². The second-order valence-electron chi connectivity index (χ2n) is 3.79. The van der Waals surface area contributed by atoms with Gasteiger partial charge in [0.05, 0.1) is 12.1 Å². The van der Waals surface area contributed by atoms with Crippen LogP contribution < -0.4 is 4.74 Å². The lowest BCUT2D eigenvalue weighted by molar-refractivity contribution is 0.105. The molecule has 0 spiro atoms. The van der Waals surface area contributed by atoms with Crippen molar-refractivity contribution in [3.8, 4) is 17.6 Å². The summed E-state index contributed by atoms with van der Waals surface area (Å²) in [6.07, 6.45) is 0. The lowest BCUT2D eigenvalue weighted by Gasteiger charge is -1.99. The molecule has 2 aromatic rings.